The van der Waals surface area contributed by atoms with Gasteiger partial charge in [-0.15, -0.1) is 0 Å². The molecule has 0 spiro atoms. The van der Waals surface area contributed by atoms with Gasteiger partial charge in [0, 0.05) is 6.07 Å². The van der Waals surface area contributed by atoms with Crippen LogP contribution < -0.4 is 19.1 Å². The fraction of sp³-hybridized carbons (Fsp3) is 0.316. The van der Waals surface area contributed by atoms with Crippen molar-refractivity contribution in [2.45, 2.75) is 19.1 Å². The van der Waals surface area contributed by atoms with Gasteiger partial charge in [0.15, 0.2) is 23.1 Å². The zero-order valence-electron chi connectivity index (χ0n) is 15.8. The van der Waals surface area contributed by atoms with E-state index < -0.39 is 39.7 Å². The Bertz CT molecular complexity index is 1020. The van der Waals surface area contributed by atoms with E-state index in [9.17, 15) is 22.0 Å². The molecule has 1 heterocycles. The van der Waals surface area contributed by atoms with Gasteiger partial charge in [0.25, 0.3) is 0 Å². The van der Waals surface area contributed by atoms with Crippen LogP contribution in [0.4, 0.5) is 14.5 Å². The summed E-state index contributed by atoms with van der Waals surface area (Å²) in [4.78, 5) is 12.6. The van der Waals surface area contributed by atoms with E-state index in [-0.39, 0.29) is 18.8 Å². The molecule has 1 N–H and O–H groups in total. The molecule has 3 rings (SSSR count). The second-order valence-corrected chi connectivity index (χ2v) is 8.44. The summed E-state index contributed by atoms with van der Waals surface area (Å²) in [6, 6.07) is 8.53. The van der Waals surface area contributed by atoms with E-state index in [1.807, 2.05) is 6.07 Å². The second-order valence-electron chi connectivity index (χ2n) is 6.58. The van der Waals surface area contributed by atoms with Gasteiger partial charge in [0.05, 0.1) is 18.5 Å². The van der Waals surface area contributed by atoms with E-state index in [0.717, 1.165) is 28.8 Å². The van der Waals surface area contributed by atoms with Crippen LogP contribution in [0.3, 0.4) is 0 Å². The highest BCUT2D eigenvalue weighted by Crippen LogP contribution is 2.30. The molecule has 1 aliphatic heterocycles. The molecule has 0 radical (unpaired) electrons. The first-order valence-corrected chi connectivity index (χ1v) is 10.6. The molecule has 0 unspecified atom stereocenters. The van der Waals surface area contributed by atoms with Crippen LogP contribution in [-0.2, 0) is 14.8 Å². The average molecular weight is 426 g/mol. The summed E-state index contributed by atoms with van der Waals surface area (Å²) in [7, 11) is -3.95. The highest BCUT2D eigenvalue weighted by molar-refractivity contribution is 7.92. The van der Waals surface area contributed by atoms with Crippen LogP contribution in [0.1, 0.15) is 6.92 Å². The average Bonchev–Trinajstić information content (AvgIpc) is 2.67. The van der Waals surface area contributed by atoms with Crippen molar-refractivity contribution in [3.05, 3.63) is 54.1 Å². The first-order valence-electron chi connectivity index (χ1n) is 8.77. The molecule has 156 valence electrons. The molecular formula is C19H20F2N2O5S. The lowest BCUT2D eigenvalue weighted by Crippen LogP contribution is -2.50. The fourth-order valence-electron chi connectivity index (χ4n) is 2.96. The van der Waals surface area contributed by atoms with Gasteiger partial charge in [-0.05, 0) is 31.2 Å². The Hall–Kier alpha value is -2.88. The van der Waals surface area contributed by atoms with Gasteiger partial charge < -0.3 is 14.8 Å². The SMILES string of the molecule is C[C@@H](C(=O)NC[C@H]1COc2ccccc2O1)N(c1ccc(F)c(F)c1)S(C)(=O)=O. The van der Waals surface area contributed by atoms with E-state index >= 15 is 0 Å². The van der Waals surface area contributed by atoms with Gasteiger partial charge in [0.1, 0.15) is 18.8 Å². The van der Waals surface area contributed by atoms with Crippen molar-refractivity contribution in [3.63, 3.8) is 0 Å². The minimum Gasteiger partial charge on any atom is -0.486 e. The first-order chi connectivity index (χ1) is 13.7. The van der Waals surface area contributed by atoms with Gasteiger partial charge >= 0.3 is 0 Å². The number of hydrogen-bond acceptors (Lipinski definition) is 5. The van der Waals surface area contributed by atoms with E-state index in [1.54, 1.807) is 18.2 Å². The number of nitrogens with one attached hydrogen (secondary N) is 1. The zero-order valence-corrected chi connectivity index (χ0v) is 16.6. The lowest BCUT2D eigenvalue weighted by Gasteiger charge is -2.30. The van der Waals surface area contributed by atoms with Crippen molar-refractivity contribution in [2.75, 3.05) is 23.7 Å². The normalized spacial score (nSPS) is 16.8. The summed E-state index contributed by atoms with van der Waals surface area (Å²) < 4.78 is 63.2. The molecule has 2 aromatic rings. The van der Waals surface area contributed by atoms with Crippen molar-refractivity contribution in [1.29, 1.82) is 0 Å². The van der Waals surface area contributed by atoms with Gasteiger partial charge in [-0.1, -0.05) is 12.1 Å². The predicted molar refractivity (Wildman–Crippen MR) is 103 cm³/mol. The van der Waals surface area contributed by atoms with Crippen LogP contribution in [0.2, 0.25) is 0 Å². The van der Waals surface area contributed by atoms with Crippen molar-refractivity contribution in [2.24, 2.45) is 0 Å². The number of nitrogens with zero attached hydrogens (tertiary/aromatic N) is 1. The molecule has 0 bridgehead atoms. The number of anilines is 1. The number of sulfonamides is 1. The summed E-state index contributed by atoms with van der Waals surface area (Å²) in [5, 5.41) is 2.61. The topological polar surface area (TPSA) is 84.9 Å². The molecule has 2 aromatic carbocycles. The highest BCUT2D eigenvalue weighted by atomic mass is 32.2. The molecular weight excluding hydrogens is 406 g/mol. The molecule has 0 aliphatic carbocycles. The second kappa shape index (κ2) is 8.24. The minimum absolute atomic E-state index is 0.0763. The third kappa shape index (κ3) is 4.76. The van der Waals surface area contributed by atoms with Gasteiger partial charge in [0.2, 0.25) is 15.9 Å². The van der Waals surface area contributed by atoms with E-state index in [4.69, 9.17) is 9.47 Å². The van der Waals surface area contributed by atoms with Gasteiger partial charge in [-0.2, -0.15) is 0 Å². The summed E-state index contributed by atoms with van der Waals surface area (Å²) in [5.41, 5.74) is -0.153. The summed E-state index contributed by atoms with van der Waals surface area (Å²) in [6.45, 7) is 1.64. The number of ether oxygens (including phenoxy) is 2. The van der Waals surface area contributed by atoms with Crippen LogP contribution in [-0.4, -0.2) is 45.9 Å². The number of carbonyl (C=O) groups excluding carboxylic acids is 1. The lowest BCUT2D eigenvalue weighted by molar-refractivity contribution is -0.122. The number of fused-ring (bicyclic) bond motifs is 1. The zero-order chi connectivity index (χ0) is 21.2. The summed E-state index contributed by atoms with van der Waals surface area (Å²) in [6.07, 6.45) is 0.420. The van der Waals surface area contributed by atoms with Crippen molar-refractivity contribution in [3.8, 4) is 11.5 Å². The smallest absolute Gasteiger partial charge is 0.243 e. The Morgan fingerprint density at radius 2 is 1.90 bits per heavy atom. The molecule has 29 heavy (non-hydrogen) atoms. The third-order valence-corrected chi connectivity index (χ3v) is 5.56. The maximum Gasteiger partial charge on any atom is 0.243 e. The number of para-hydroxylation sites is 2. The molecule has 1 amide bonds. The molecule has 0 aromatic heterocycles. The molecule has 10 heteroatoms. The van der Waals surface area contributed by atoms with Crippen molar-refractivity contribution < 1.29 is 31.5 Å². The molecule has 0 saturated carbocycles. The van der Waals surface area contributed by atoms with Crippen molar-refractivity contribution in [1.82, 2.24) is 5.32 Å². The van der Waals surface area contributed by atoms with Crippen LogP contribution >= 0.6 is 0 Å². The predicted octanol–water partition coefficient (Wildman–Crippen LogP) is 2.08. The van der Waals surface area contributed by atoms with Crippen molar-refractivity contribution >= 4 is 21.6 Å². The first kappa shape index (κ1) is 20.8. The maximum absolute atomic E-state index is 13.6. The summed E-state index contributed by atoms with van der Waals surface area (Å²) in [5.74, 6) is -1.80. The minimum atomic E-state index is -3.95. The Balaban J connectivity index is 1.69. The van der Waals surface area contributed by atoms with E-state index in [0.29, 0.717) is 11.5 Å². The standard InChI is InChI=1S/C19H20F2N2O5S/c1-12(23(29(2,25)26)13-7-8-15(20)16(21)9-13)19(24)22-10-14-11-27-17-5-3-4-6-18(17)28-14/h3-9,12,14H,10-11H2,1-2H3,(H,22,24)/t12-,14-/m0/s1. The Labute approximate surface area is 167 Å². The number of amides is 1. The number of halogens is 2. The lowest BCUT2D eigenvalue weighted by atomic mass is 10.2. The molecule has 7 nitrogen and oxygen atoms in total. The largest absolute Gasteiger partial charge is 0.486 e. The third-order valence-electron chi connectivity index (χ3n) is 4.32. The van der Waals surface area contributed by atoms with E-state index in [1.165, 1.54) is 6.92 Å². The highest BCUT2D eigenvalue weighted by Gasteiger charge is 2.30. The number of hydrogen-bond donors (Lipinski definition) is 1. The van der Waals surface area contributed by atoms with Crippen LogP contribution in [0.15, 0.2) is 42.5 Å². The Kier molecular flexibility index (Phi) is 5.92. The number of rotatable bonds is 6. The maximum atomic E-state index is 13.6. The molecule has 1 aliphatic rings. The molecule has 0 fully saturated rings. The monoisotopic (exact) mass is 426 g/mol. The molecule has 0 saturated heterocycles. The van der Waals surface area contributed by atoms with Crippen LogP contribution in [0, 0.1) is 11.6 Å². The van der Waals surface area contributed by atoms with Crippen LogP contribution in [0.25, 0.3) is 0 Å². The Morgan fingerprint density at radius 3 is 2.55 bits per heavy atom. The molecule has 2 atom stereocenters. The quantitative estimate of drug-likeness (QED) is 0.765. The van der Waals surface area contributed by atoms with E-state index in [2.05, 4.69) is 5.32 Å². The number of benzene rings is 2. The van der Waals surface area contributed by atoms with Gasteiger partial charge in [-0.25, -0.2) is 17.2 Å². The fourth-order valence-corrected chi connectivity index (χ4v) is 4.12. The van der Waals surface area contributed by atoms with Crippen LogP contribution in [0.5, 0.6) is 11.5 Å². The number of carbonyl (C=O) groups is 1. The van der Waals surface area contributed by atoms with Gasteiger partial charge in [-0.3, -0.25) is 9.10 Å². The summed E-state index contributed by atoms with van der Waals surface area (Å²) >= 11 is 0. The Morgan fingerprint density at radius 1 is 1.21 bits per heavy atom.